The summed E-state index contributed by atoms with van der Waals surface area (Å²) in [5, 5.41) is 0. The summed E-state index contributed by atoms with van der Waals surface area (Å²) in [6, 6.07) is 0. The van der Waals surface area contributed by atoms with Crippen LogP contribution in [-0.4, -0.2) is 31.0 Å². The highest BCUT2D eigenvalue weighted by molar-refractivity contribution is 4.86. The Morgan fingerprint density at radius 1 is 1.29 bits per heavy atom. The molecule has 0 radical (unpaired) electrons. The molecule has 0 aromatic heterocycles. The quantitative estimate of drug-likeness (QED) is 0.756. The minimum absolute atomic E-state index is 0.0521. The summed E-state index contributed by atoms with van der Waals surface area (Å²) >= 11 is 0. The predicted octanol–water partition coefficient (Wildman–Crippen LogP) is 1.70. The standard InChI is InChI=1S/C11H23NO2/c1-10(2,3)14-9-6-11(12)4-7-13-8-5-11/h4-9,12H2,1-3H3. The maximum Gasteiger partial charge on any atom is 0.0598 e. The largest absolute Gasteiger partial charge is 0.381 e. The van der Waals surface area contributed by atoms with Gasteiger partial charge in [0.2, 0.25) is 0 Å². The zero-order valence-electron chi connectivity index (χ0n) is 9.64. The van der Waals surface area contributed by atoms with E-state index in [1.165, 1.54) is 0 Å². The third-order valence-corrected chi connectivity index (χ3v) is 2.62. The van der Waals surface area contributed by atoms with E-state index in [-0.39, 0.29) is 11.1 Å². The maximum atomic E-state index is 6.23. The first kappa shape index (κ1) is 12.0. The molecule has 3 nitrogen and oxygen atoms in total. The fraction of sp³-hybridized carbons (Fsp3) is 1.00. The molecule has 1 rings (SSSR count). The third-order valence-electron chi connectivity index (χ3n) is 2.62. The van der Waals surface area contributed by atoms with E-state index in [0.29, 0.717) is 0 Å². The van der Waals surface area contributed by atoms with Gasteiger partial charge in [-0.2, -0.15) is 0 Å². The Bertz CT molecular complexity index is 169. The average molecular weight is 201 g/mol. The van der Waals surface area contributed by atoms with E-state index in [9.17, 15) is 0 Å². The zero-order valence-corrected chi connectivity index (χ0v) is 9.64. The molecule has 0 amide bonds. The molecule has 0 aliphatic carbocycles. The molecule has 0 saturated carbocycles. The minimum atomic E-state index is -0.0540. The van der Waals surface area contributed by atoms with E-state index in [1.54, 1.807) is 0 Å². The van der Waals surface area contributed by atoms with Crippen molar-refractivity contribution in [2.75, 3.05) is 19.8 Å². The lowest BCUT2D eigenvalue weighted by Gasteiger charge is -2.34. The molecule has 1 heterocycles. The van der Waals surface area contributed by atoms with Crippen LogP contribution in [0.25, 0.3) is 0 Å². The van der Waals surface area contributed by atoms with Crippen LogP contribution >= 0.6 is 0 Å². The Balaban J connectivity index is 2.22. The topological polar surface area (TPSA) is 44.5 Å². The first-order chi connectivity index (χ1) is 6.41. The van der Waals surface area contributed by atoms with Crippen molar-refractivity contribution in [2.45, 2.75) is 51.2 Å². The Morgan fingerprint density at radius 3 is 2.36 bits per heavy atom. The van der Waals surface area contributed by atoms with Crippen molar-refractivity contribution in [3.8, 4) is 0 Å². The van der Waals surface area contributed by atoms with Crippen molar-refractivity contribution in [3.63, 3.8) is 0 Å². The monoisotopic (exact) mass is 201 g/mol. The molecule has 0 spiro atoms. The van der Waals surface area contributed by atoms with Gasteiger partial charge >= 0.3 is 0 Å². The highest BCUT2D eigenvalue weighted by Gasteiger charge is 2.28. The summed E-state index contributed by atoms with van der Waals surface area (Å²) in [5.74, 6) is 0. The summed E-state index contributed by atoms with van der Waals surface area (Å²) in [6.07, 6.45) is 2.86. The SMILES string of the molecule is CC(C)(C)OCCC1(N)CCOCC1. The lowest BCUT2D eigenvalue weighted by molar-refractivity contribution is -0.0232. The smallest absolute Gasteiger partial charge is 0.0598 e. The van der Waals surface area contributed by atoms with Gasteiger partial charge in [-0.25, -0.2) is 0 Å². The molecular formula is C11H23NO2. The van der Waals surface area contributed by atoms with Crippen molar-refractivity contribution in [1.82, 2.24) is 0 Å². The second-order valence-electron chi connectivity index (χ2n) is 5.19. The predicted molar refractivity (Wildman–Crippen MR) is 57.3 cm³/mol. The second-order valence-corrected chi connectivity index (χ2v) is 5.19. The summed E-state index contributed by atoms with van der Waals surface area (Å²) < 4.78 is 11.0. The Hall–Kier alpha value is -0.120. The summed E-state index contributed by atoms with van der Waals surface area (Å²) in [4.78, 5) is 0. The van der Waals surface area contributed by atoms with Crippen molar-refractivity contribution in [2.24, 2.45) is 5.73 Å². The van der Waals surface area contributed by atoms with Crippen LogP contribution in [-0.2, 0) is 9.47 Å². The van der Waals surface area contributed by atoms with Crippen LogP contribution in [0.15, 0.2) is 0 Å². The number of hydrogen-bond acceptors (Lipinski definition) is 3. The van der Waals surface area contributed by atoms with Crippen molar-refractivity contribution >= 4 is 0 Å². The van der Waals surface area contributed by atoms with Crippen LogP contribution in [0.2, 0.25) is 0 Å². The van der Waals surface area contributed by atoms with Crippen LogP contribution in [0.5, 0.6) is 0 Å². The fourth-order valence-corrected chi connectivity index (χ4v) is 1.59. The molecule has 1 aliphatic rings. The van der Waals surface area contributed by atoms with E-state index < -0.39 is 0 Å². The average Bonchev–Trinajstić information content (AvgIpc) is 2.02. The van der Waals surface area contributed by atoms with E-state index in [0.717, 1.165) is 39.1 Å². The molecule has 0 bridgehead atoms. The number of ether oxygens (including phenoxy) is 2. The van der Waals surface area contributed by atoms with Gasteiger partial charge in [0, 0.05) is 25.4 Å². The molecule has 1 saturated heterocycles. The van der Waals surface area contributed by atoms with Crippen LogP contribution in [0.1, 0.15) is 40.0 Å². The van der Waals surface area contributed by atoms with Gasteiger partial charge in [0.25, 0.3) is 0 Å². The Labute approximate surface area is 86.9 Å². The van der Waals surface area contributed by atoms with Crippen molar-refractivity contribution in [1.29, 1.82) is 0 Å². The maximum absolute atomic E-state index is 6.23. The van der Waals surface area contributed by atoms with Gasteiger partial charge in [0.1, 0.15) is 0 Å². The van der Waals surface area contributed by atoms with Crippen LogP contribution < -0.4 is 5.73 Å². The zero-order chi connectivity index (χ0) is 10.7. The summed E-state index contributed by atoms with van der Waals surface area (Å²) in [5.41, 5.74) is 6.12. The summed E-state index contributed by atoms with van der Waals surface area (Å²) in [7, 11) is 0. The van der Waals surface area contributed by atoms with Gasteiger partial charge in [-0.3, -0.25) is 0 Å². The van der Waals surface area contributed by atoms with Gasteiger partial charge < -0.3 is 15.2 Å². The first-order valence-electron chi connectivity index (χ1n) is 5.42. The molecule has 14 heavy (non-hydrogen) atoms. The molecule has 0 aromatic carbocycles. The lowest BCUT2D eigenvalue weighted by atomic mass is 9.88. The van der Waals surface area contributed by atoms with Crippen LogP contribution in [0, 0.1) is 0 Å². The van der Waals surface area contributed by atoms with Crippen molar-refractivity contribution in [3.05, 3.63) is 0 Å². The molecular weight excluding hydrogens is 178 g/mol. The Morgan fingerprint density at radius 2 is 1.86 bits per heavy atom. The van der Waals surface area contributed by atoms with E-state index in [2.05, 4.69) is 20.8 Å². The highest BCUT2D eigenvalue weighted by Crippen LogP contribution is 2.22. The third kappa shape index (κ3) is 4.40. The van der Waals surface area contributed by atoms with E-state index >= 15 is 0 Å². The first-order valence-corrected chi connectivity index (χ1v) is 5.42. The van der Waals surface area contributed by atoms with Crippen LogP contribution in [0.3, 0.4) is 0 Å². The normalized spacial score (nSPS) is 22.3. The van der Waals surface area contributed by atoms with Gasteiger partial charge in [-0.1, -0.05) is 0 Å². The van der Waals surface area contributed by atoms with Gasteiger partial charge in [-0.05, 0) is 40.0 Å². The van der Waals surface area contributed by atoms with Gasteiger partial charge in [0.05, 0.1) is 5.60 Å². The molecule has 0 aromatic rings. The lowest BCUT2D eigenvalue weighted by Crippen LogP contribution is -2.46. The second kappa shape index (κ2) is 4.60. The summed E-state index contributed by atoms with van der Waals surface area (Å²) in [6.45, 7) is 8.55. The molecule has 84 valence electrons. The van der Waals surface area contributed by atoms with E-state index in [1.807, 2.05) is 0 Å². The molecule has 2 N–H and O–H groups in total. The molecule has 3 heteroatoms. The fourth-order valence-electron chi connectivity index (χ4n) is 1.59. The van der Waals surface area contributed by atoms with Crippen molar-refractivity contribution < 1.29 is 9.47 Å². The molecule has 0 unspecified atom stereocenters. The Kier molecular flexibility index (Phi) is 3.93. The molecule has 1 aliphatic heterocycles. The highest BCUT2D eigenvalue weighted by atomic mass is 16.5. The number of rotatable bonds is 3. The number of nitrogens with two attached hydrogens (primary N) is 1. The molecule has 1 fully saturated rings. The van der Waals surface area contributed by atoms with Gasteiger partial charge in [0.15, 0.2) is 0 Å². The minimum Gasteiger partial charge on any atom is -0.381 e. The molecule has 0 atom stereocenters. The van der Waals surface area contributed by atoms with Gasteiger partial charge in [-0.15, -0.1) is 0 Å². The van der Waals surface area contributed by atoms with Crippen LogP contribution in [0.4, 0.5) is 0 Å². The van der Waals surface area contributed by atoms with E-state index in [4.69, 9.17) is 15.2 Å². The number of hydrogen-bond donors (Lipinski definition) is 1.